The van der Waals surface area contributed by atoms with Crippen LogP contribution in [0.1, 0.15) is 0 Å². The number of hydrogen-bond donors (Lipinski definition) is 0. The molecule has 0 saturated carbocycles. The smallest absolute Gasteiger partial charge is 0.652 e. The normalized spacial score (nSPS) is 4.00. The van der Waals surface area contributed by atoms with Crippen LogP contribution in [0.5, 0.6) is 0 Å². The van der Waals surface area contributed by atoms with Gasteiger partial charge in [0.25, 0.3) is 0 Å². The van der Waals surface area contributed by atoms with Crippen LogP contribution >= 0.6 is 0 Å². The molecule has 0 aliphatic carbocycles. The zero-order chi connectivity index (χ0) is 3.58. The van der Waals surface area contributed by atoms with Crippen molar-refractivity contribution in [3.8, 4) is 0 Å². The van der Waals surface area contributed by atoms with Crippen LogP contribution < -0.4 is 10.2 Å². The second-order valence-corrected chi connectivity index (χ2v) is 0.250. The van der Waals surface area contributed by atoms with E-state index in [1.165, 1.54) is 0 Å². The van der Waals surface area contributed by atoms with E-state index in [1.807, 2.05) is 0 Å². The zero-order valence-electron chi connectivity index (χ0n) is 2.64. The third kappa shape index (κ3) is 83.1. The molecule has 0 rings (SSSR count). The van der Waals surface area contributed by atoms with Crippen molar-refractivity contribution in [1.82, 2.24) is 0 Å². The number of carboxylic acid groups (broad SMARTS) is 2. The van der Waals surface area contributed by atoms with Crippen molar-refractivity contribution in [2.24, 2.45) is 0 Å². The Morgan fingerprint density at radius 2 is 1.33 bits per heavy atom. The van der Waals surface area contributed by atoms with Crippen molar-refractivity contribution in [3.63, 3.8) is 0 Å². The number of carbonyl (C=O) groups excluding carboxylic acids is 1. The Morgan fingerprint density at radius 3 is 1.33 bits per heavy atom. The molecule has 31 valence electrons. The van der Waals surface area contributed by atoms with Crippen LogP contribution in [0.25, 0.3) is 0 Å². The molecule has 0 saturated heterocycles. The minimum absolute atomic E-state index is 0. The molecule has 0 bridgehead atoms. The molecule has 0 aromatic heterocycles. The van der Waals surface area contributed by atoms with E-state index in [2.05, 4.69) is 0 Å². The molecule has 0 amide bonds. The van der Waals surface area contributed by atoms with Crippen LogP contribution in [0.3, 0.4) is 0 Å². The fraction of sp³-hybridized carbons (Fsp3) is 0. The summed E-state index contributed by atoms with van der Waals surface area (Å²) in [4.78, 5) is 8.33. The fourth-order valence-corrected chi connectivity index (χ4v) is 0. The summed E-state index contributed by atoms with van der Waals surface area (Å²) in [6.45, 7) is 0. The van der Waals surface area contributed by atoms with E-state index in [-0.39, 0.29) is 52.4 Å². The number of carbonyl (C=O) groups is 1. The molecule has 0 heterocycles. The van der Waals surface area contributed by atoms with Crippen LogP contribution in [-0.4, -0.2) is 6.16 Å². The molecule has 0 aliphatic heterocycles. The van der Waals surface area contributed by atoms with Gasteiger partial charge in [-0.05, 0) is 6.16 Å². The van der Waals surface area contributed by atoms with Crippen molar-refractivity contribution in [3.05, 3.63) is 0 Å². The Kier molecular flexibility index (Phi) is 24.6. The van der Waals surface area contributed by atoms with Gasteiger partial charge < -0.3 is 15.0 Å². The first-order chi connectivity index (χ1) is 1.73. The van der Waals surface area contributed by atoms with Crippen LogP contribution in [0.15, 0.2) is 0 Å². The molecule has 0 N–H and O–H groups in total. The van der Waals surface area contributed by atoms with Gasteiger partial charge in [0.2, 0.25) is 0 Å². The van der Waals surface area contributed by atoms with Crippen molar-refractivity contribution in [2.75, 3.05) is 0 Å². The Morgan fingerprint density at radius 1 is 1.33 bits per heavy atom. The molecule has 0 spiro atoms. The van der Waals surface area contributed by atoms with E-state index in [4.69, 9.17) is 15.0 Å². The topological polar surface area (TPSA) is 63.2 Å². The van der Waals surface area contributed by atoms with E-state index < -0.39 is 6.16 Å². The average molecular weight is 258 g/mol. The van der Waals surface area contributed by atoms with Gasteiger partial charge in [0.1, 0.15) is 0 Å². The van der Waals surface area contributed by atoms with Crippen molar-refractivity contribution in [2.45, 2.75) is 0 Å². The van der Waals surface area contributed by atoms with Gasteiger partial charge in [-0.2, -0.15) is 0 Å². The summed E-state index contributed by atoms with van der Waals surface area (Å²) in [6.07, 6.45) is -2.33. The van der Waals surface area contributed by atoms with Gasteiger partial charge in [-0.3, -0.25) is 0 Å². The van der Waals surface area contributed by atoms with Crippen molar-refractivity contribution in [1.29, 1.82) is 0 Å². The minimum atomic E-state index is -2.33. The third-order valence-corrected chi connectivity index (χ3v) is 0. The zero-order valence-corrected chi connectivity index (χ0v) is 7.30. The van der Waals surface area contributed by atoms with Crippen molar-refractivity contribution >= 4 is 6.16 Å². The van der Waals surface area contributed by atoms with Crippen LogP contribution in [0.2, 0.25) is 0 Å². The fourth-order valence-electron chi connectivity index (χ4n) is 0. The van der Waals surface area contributed by atoms with E-state index in [1.54, 1.807) is 0 Å². The van der Waals surface area contributed by atoms with Crippen molar-refractivity contribution < 1.29 is 67.4 Å². The molecule has 5 heteroatoms. The molecule has 3 nitrogen and oxygen atoms in total. The Hall–Kier alpha value is 0.971. The minimum Gasteiger partial charge on any atom is -0.652 e. The number of rotatable bonds is 0. The summed E-state index contributed by atoms with van der Waals surface area (Å²) < 4.78 is 0. The SMILES string of the molecule is O=C([O-])[O-].[Co+2].[La+3]. The molecule has 0 atom stereocenters. The molecular formula is CCoLaO3+3. The first kappa shape index (κ1) is 15.8. The second-order valence-electron chi connectivity index (χ2n) is 0.250. The van der Waals surface area contributed by atoms with Gasteiger partial charge in [-0.25, -0.2) is 0 Å². The molecular weight excluding hydrogens is 258 g/mol. The molecule has 0 aliphatic rings. The molecule has 0 aromatic carbocycles. The van der Waals surface area contributed by atoms with E-state index in [0.717, 1.165) is 0 Å². The molecule has 6 heavy (non-hydrogen) atoms. The summed E-state index contributed by atoms with van der Waals surface area (Å²) in [6, 6.07) is 0. The summed E-state index contributed by atoms with van der Waals surface area (Å²) >= 11 is 0. The first-order valence-electron chi connectivity index (χ1n) is 0.612. The van der Waals surface area contributed by atoms with Crippen LogP contribution in [0, 0.1) is 35.6 Å². The predicted octanol–water partition coefficient (Wildman–Crippen LogP) is -2.45. The quantitative estimate of drug-likeness (QED) is 0.484. The van der Waals surface area contributed by atoms with Gasteiger partial charge in [-0.15, -0.1) is 0 Å². The summed E-state index contributed by atoms with van der Waals surface area (Å²) in [7, 11) is 0. The average Bonchev–Trinajstić information content (AvgIpc) is 0.811. The monoisotopic (exact) mass is 258 g/mol. The van der Waals surface area contributed by atoms with Gasteiger partial charge in [0.05, 0.1) is 0 Å². The van der Waals surface area contributed by atoms with Gasteiger partial charge in [0, 0.05) is 0 Å². The third-order valence-electron chi connectivity index (χ3n) is 0. The standard InChI is InChI=1S/CH2O3.Co.La/c2-1(3)4;;/h(H2,2,3,4);;/q;+2;+3/p-2. The Labute approximate surface area is 72.9 Å². The van der Waals surface area contributed by atoms with E-state index in [9.17, 15) is 0 Å². The Balaban J connectivity index is -0.0000000450. The summed E-state index contributed by atoms with van der Waals surface area (Å²) in [5, 5.41) is 16.7. The summed E-state index contributed by atoms with van der Waals surface area (Å²) in [5.41, 5.74) is 0. The molecule has 0 aromatic rings. The van der Waals surface area contributed by atoms with Gasteiger partial charge >= 0.3 is 52.4 Å². The summed E-state index contributed by atoms with van der Waals surface area (Å²) in [5.74, 6) is 0. The maximum absolute atomic E-state index is 8.33. The first-order valence-corrected chi connectivity index (χ1v) is 0.612. The largest absolute Gasteiger partial charge is 3.00 e. The maximum Gasteiger partial charge on any atom is 3.00 e. The van der Waals surface area contributed by atoms with Crippen LogP contribution in [-0.2, 0) is 16.8 Å². The Bertz CT molecular complexity index is 33.8. The molecule has 0 fully saturated rings. The molecule has 1 radical (unpaired) electrons. The van der Waals surface area contributed by atoms with E-state index >= 15 is 0 Å². The van der Waals surface area contributed by atoms with Gasteiger partial charge in [-0.1, -0.05) is 0 Å². The predicted molar refractivity (Wildman–Crippen MR) is 5.40 cm³/mol. The second kappa shape index (κ2) is 9.36. The maximum atomic E-state index is 8.33. The van der Waals surface area contributed by atoms with E-state index in [0.29, 0.717) is 0 Å². The van der Waals surface area contributed by atoms with Crippen LogP contribution in [0.4, 0.5) is 4.79 Å². The molecule has 0 unspecified atom stereocenters. The van der Waals surface area contributed by atoms with Gasteiger partial charge in [0.15, 0.2) is 0 Å². The number of hydrogen-bond acceptors (Lipinski definition) is 3.